The Morgan fingerprint density at radius 1 is 1.28 bits per heavy atom. The van der Waals surface area contributed by atoms with Gasteiger partial charge in [0.1, 0.15) is 11.8 Å². The molecule has 1 aliphatic heterocycles. The third-order valence-corrected chi connectivity index (χ3v) is 4.83. The number of carbonyl (C=O) groups is 3. The Bertz CT molecular complexity index is 1190. The van der Waals surface area contributed by atoms with Crippen LogP contribution in [0, 0.1) is 5.82 Å². The van der Waals surface area contributed by atoms with Crippen molar-refractivity contribution in [3.8, 4) is 16.9 Å². The minimum absolute atomic E-state index is 0.0579. The molecule has 0 spiro atoms. The summed E-state index contributed by atoms with van der Waals surface area (Å²) in [6.07, 6.45) is 3.14. The number of nitrogens with zero attached hydrogens (tertiary/aromatic N) is 4. The van der Waals surface area contributed by atoms with E-state index in [0.717, 1.165) is 0 Å². The molecular weight excluding hydrogens is 421 g/mol. The average molecular weight is 439 g/mol. The lowest BCUT2D eigenvalue weighted by molar-refractivity contribution is -0.119. The highest BCUT2D eigenvalue weighted by atomic mass is 19.1. The molecular formula is C21H18FN5O5. The van der Waals surface area contributed by atoms with Gasteiger partial charge in [-0.3, -0.25) is 14.7 Å². The van der Waals surface area contributed by atoms with Gasteiger partial charge in [-0.1, -0.05) is 0 Å². The van der Waals surface area contributed by atoms with Gasteiger partial charge in [-0.05, 0) is 30.3 Å². The molecule has 0 bridgehead atoms. The Hall–Kier alpha value is -4.28. The Kier molecular flexibility index (Phi) is 5.54. The van der Waals surface area contributed by atoms with Gasteiger partial charge in [0.15, 0.2) is 5.82 Å². The fourth-order valence-electron chi connectivity index (χ4n) is 3.22. The lowest BCUT2D eigenvalue weighted by atomic mass is 10.2. The van der Waals surface area contributed by atoms with E-state index >= 15 is 0 Å². The van der Waals surface area contributed by atoms with Crippen molar-refractivity contribution < 1.29 is 28.6 Å². The van der Waals surface area contributed by atoms with Gasteiger partial charge in [-0.15, -0.1) is 0 Å². The van der Waals surface area contributed by atoms with Crippen LogP contribution >= 0.6 is 0 Å². The first-order valence-electron chi connectivity index (χ1n) is 9.58. The zero-order valence-electron chi connectivity index (χ0n) is 16.9. The molecule has 0 aliphatic carbocycles. The molecule has 1 fully saturated rings. The van der Waals surface area contributed by atoms with Crippen LogP contribution in [0.3, 0.4) is 0 Å². The number of hydrogen-bond acceptors (Lipinski definition) is 6. The second-order valence-electron chi connectivity index (χ2n) is 7.10. The van der Waals surface area contributed by atoms with E-state index < -0.39 is 24.0 Å². The maximum absolute atomic E-state index is 14.8. The van der Waals surface area contributed by atoms with Crippen LogP contribution in [-0.2, 0) is 9.53 Å². The molecule has 2 amide bonds. The Balaban J connectivity index is 1.51. The normalized spacial score (nSPS) is 15.5. The largest absolute Gasteiger partial charge is 0.478 e. The zero-order valence-corrected chi connectivity index (χ0v) is 16.9. The highest BCUT2D eigenvalue weighted by molar-refractivity contribution is 5.90. The van der Waals surface area contributed by atoms with Gasteiger partial charge in [-0.2, -0.15) is 5.10 Å². The Morgan fingerprint density at radius 2 is 2.09 bits per heavy atom. The number of pyridine rings is 1. The summed E-state index contributed by atoms with van der Waals surface area (Å²) in [6.45, 7) is 1.72. The molecule has 11 heteroatoms. The minimum atomic E-state index is -1.08. The molecule has 2 aromatic heterocycles. The van der Waals surface area contributed by atoms with E-state index in [9.17, 15) is 18.8 Å². The molecule has 10 nitrogen and oxygen atoms in total. The van der Waals surface area contributed by atoms with Gasteiger partial charge in [0.2, 0.25) is 5.91 Å². The molecule has 0 radical (unpaired) electrons. The number of aromatic nitrogens is 3. The first-order valence-corrected chi connectivity index (χ1v) is 9.58. The molecule has 3 aromatic rings. The van der Waals surface area contributed by atoms with Crippen LogP contribution in [-0.4, -0.2) is 57.0 Å². The molecule has 1 saturated heterocycles. The quantitative estimate of drug-likeness (QED) is 0.603. The fraction of sp³-hybridized carbons (Fsp3) is 0.190. The zero-order chi connectivity index (χ0) is 22.8. The first kappa shape index (κ1) is 21.0. The highest BCUT2D eigenvalue weighted by Gasteiger charge is 2.32. The van der Waals surface area contributed by atoms with Crippen molar-refractivity contribution in [2.75, 3.05) is 18.0 Å². The second kappa shape index (κ2) is 8.46. The lowest BCUT2D eigenvalue weighted by Gasteiger charge is -2.14. The molecule has 0 saturated carbocycles. The second-order valence-corrected chi connectivity index (χ2v) is 7.10. The standard InChI is InChI=1S/C21H18FN5O5/c1-12(28)23-9-16-11-26(21(31)32-16)15-3-5-19(17(22)6-15)27-10-14(8-25-27)18-4-2-13(7-24-18)20(29)30/h2-8,10,16H,9,11H2,1H3,(H,23,28)(H,29,30). The summed E-state index contributed by atoms with van der Waals surface area (Å²) in [7, 11) is 0. The smallest absolute Gasteiger partial charge is 0.414 e. The summed E-state index contributed by atoms with van der Waals surface area (Å²) in [5, 5.41) is 15.7. The molecule has 4 rings (SSSR count). The average Bonchev–Trinajstić information content (AvgIpc) is 3.39. The number of halogens is 1. The number of carbonyl (C=O) groups excluding carboxylic acids is 2. The van der Waals surface area contributed by atoms with Crippen LogP contribution in [0.1, 0.15) is 17.3 Å². The SMILES string of the molecule is CC(=O)NCC1CN(c2ccc(-n3cc(-c4ccc(C(=O)O)cn4)cn3)c(F)c2)C(=O)O1. The monoisotopic (exact) mass is 439 g/mol. The summed E-state index contributed by atoms with van der Waals surface area (Å²) in [5.74, 6) is -1.92. The van der Waals surface area contributed by atoms with E-state index in [4.69, 9.17) is 9.84 Å². The number of rotatable bonds is 6. The molecule has 3 heterocycles. The van der Waals surface area contributed by atoms with Gasteiger partial charge in [0.05, 0.1) is 36.2 Å². The number of ether oxygens (including phenoxy) is 1. The summed E-state index contributed by atoms with van der Waals surface area (Å²) < 4.78 is 21.4. The molecule has 1 atom stereocenters. The fourth-order valence-corrected chi connectivity index (χ4v) is 3.22. The van der Waals surface area contributed by atoms with E-state index in [2.05, 4.69) is 15.4 Å². The number of cyclic esters (lactones) is 1. The summed E-state index contributed by atoms with van der Waals surface area (Å²) in [6, 6.07) is 7.23. The predicted octanol–water partition coefficient (Wildman–Crippen LogP) is 2.23. The summed E-state index contributed by atoms with van der Waals surface area (Å²) in [5.41, 5.74) is 1.60. The van der Waals surface area contributed by atoms with E-state index in [1.54, 1.807) is 18.3 Å². The molecule has 1 aromatic carbocycles. The maximum atomic E-state index is 14.8. The topological polar surface area (TPSA) is 127 Å². The number of carboxylic acids is 1. The number of hydrogen-bond donors (Lipinski definition) is 2. The van der Waals surface area contributed by atoms with Crippen molar-refractivity contribution in [1.29, 1.82) is 0 Å². The summed E-state index contributed by atoms with van der Waals surface area (Å²) >= 11 is 0. The van der Waals surface area contributed by atoms with E-state index in [-0.39, 0.29) is 30.2 Å². The van der Waals surface area contributed by atoms with E-state index in [1.165, 1.54) is 47.1 Å². The first-order chi connectivity index (χ1) is 15.3. The van der Waals surface area contributed by atoms with Crippen molar-refractivity contribution in [2.45, 2.75) is 13.0 Å². The van der Waals surface area contributed by atoms with Gasteiger partial charge in [-0.25, -0.2) is 18.7 Å². The molecule has 2 N–H and O–H groups in total. The number of amides is 2. The number of anilines is 1. The van der Waals surface area contributed by atoms with E-state index in [1.807, 2.05) is 0 Å². The number of aromatic carboxylic acids is 1. The van der Waals surface area contributed by atoms with Crippen molar-refractivity contribution in [3.05, 3.63) is 60.3 Å². The maximum Gasteiger partial charge on any atom is 0.414 e. The predicted molar refractivity (Wildman–Crippen MR) is 110 cm³/mol. The van der Waals surface area contributed by atoms with Crippen LogP contribution in [0.5, 0.6) is 0 Å². The van der Waals surface area contributed by atoms with Crippen molar-refractivity contribution in [1.82, 2.24) is 20.1 Å². The van der Waals surface area contributed by atoms with Crippen LogP contribution in [0.15, 0.2) is 48.9 Å². The van der Waals surface area contributed by atoms with Gasteiger partial charge < -0.3 is 15.2 Å². The van der Waals surface area contributed by atoms with Gasteiger partial charge >= 0.3 is 12.1 Å². The third kappa shape index (κ3) is 4.26. The Labute approximate surface area is 181 Å². The molecule has 32 heavy (non-hydrogen) atoms. The van der Waals surface area contributed by atoms with Crippen LogP contribution < -0.4 is 10.2 Å². The van der Waals surface area contributed by atoms with Gasteiger partial charge in [0.25, 0.3) is 0 Å². The van der Waals surface area contributed by atoms with E-state index in [0.29, 0.717) is 16.9 Å². The third-order valence-electron chi connectivity index (χ3n) is 4.83. The number of nitrogens with one attached hydrogen (secondary N) is 1. The molecule has 1 aliphatic rings. The summed E-state index contributed by atoms with van der Waals surface area (Å²) in [4.78, 5) is 39.5. The van der Waals surface area contributed by atoms with Crippen LogP contribution in [0.2, 0.25) is 0 Å². The number of carboxylic acid groups (broad SMARTS) is 1. The number of benzene rings is 1. The van der Waals surface area contributed by atoms with Crippen molar-refractivity contribution in [2.24, 2.45) is 0 Å². The van der Waals surface area contributed by atoms with Gasteiger partial charge in [0, 0.05) is 24.9 Å². The minimum Gasteiger partial charge on any atom is -0.478 e. The molecule has 1 unspecified atom stereocenters. The van der Waals surface area contributed by atoms with Crippen LogP contribution in [0.4, 0.5) is 14.9 Å². The van der Waals surface area contributed by atoms with Crippen molar-refractivity contribution in [3.63, 3.8) is 0 Å². The highest BCUT2D eigenvalue weighted by Crippen LogP contribution is 2.26. The Morgan fingerprint density at radius 3 is 2.75 bits per heavy atom. The van der Waals surface area contributed by atoms with Crippen LogP contribution in [0.25, 0.3) is 16.9 Å². The lowest BCUT2D eigenvalue weighted by Crippen LogP contribution is -2.33. The molecule has 164 valence electrons. The van der Waals surface area contributed by atoms with Crippen molar-refractivity contribution >= 4 is 23.7 Å².